The van der Waals surface area contributed by atoms with Gasteiger partial charge in [-0.1, -0.05) is 6.07 Å². The first-order valence-electron chi connectivity index (χ1n) is 8.31. The predicted octanol–water partition coefficient (Wildman–Crippen LogP) is 1.08. The monoisotopic (exact) mass is 369 g/mol. The molecule has 0 aliphatic rings. The van der Waals surface area contributed by atoms with Gasteiger partial charge in [0.05, 0.1) is 11.9 Å². The molecule has 0 unspecified atom stereocenters. The molecule has 1 aromatic carbocycles. The number of aryl methyl sites for hydroxylation is 1. The highest BCUT2D eigenvalue weighted by Crippen LogP contribution is 2.15. The minimum atomic E-state index is -1.02. The fourth-order valence-corrected chi connectivity index (χ4v) is 2.73. The van der Waals surface area contributed by atoms with Gasteiger partial charge in [-0.25, -0.2) is 4.98 Å². The van der Waals surface area contributed by atoms with Crippen LogP contribution < -0.4 is 16.1 Å². The van der Waals surface area contributed by atoms with Gasteiger partial charge in [-0.3, -0.25) is 14.4 Å². The zero-order valence-corrected chi connectivity index (χ0v) is 14.7. The molecule has 4 N–H and O–H groups in total. The quantitative estimate of drug-likeness (QED) is 0.493. The number of aromatic amines is 1. The number of carboxylic acids is 1. The Morgan fingerprint density at radius 3 is 2.85 bits per heavy atom. The average Bonchev–Trinajstić information content (AvgIpc) is 3.16. The van der Waals surface area contributed by atoms with Crippen molar-refractivity contribution in [3.63, 3.8) is 0 Å². The Labute approximate surface area is 154 Å². The van der Waals surface area contributed by atoms with Crippen LogP contribution >= 0.6 is 0 Å². The van der Waals surface area contributed by atoms with Crippen molar-refractivity contribution < 1.29 is 14.7 Å². The van der Waals surface area contributed by atoms with Crippen molar-refractivity contribution in [2.75, 3.05) is 11.9 Å². The van der Waals surface area contributed by atoms with E-state index in [1.54, 1.807) is 30.1 Å². The number of hydrogen-bond acceptors (Lipinski definition) is 5. The van der Waals surface area contributed by atoms with Crippen molar-refractivity contribution in [3.05, 3.63) is 58.1 Å². The van der Waals surface area contributed by atoms with Gasteiger partial charge in [0.1, 0.15) is 5.56 Å². The molecule has 0 radical (unpaired) electrons. The second kappa shape index (κ2) is 7.73. The van der Waals surface area contributed by atoms with Crippen molar-refractivity contribution >= 4 is 28.7 Å². The van der Waals surface area contributed by atoms with Gasteiger partial charge in [0.15, 0.2) is 5.95 Å². The van der Waals surface area contributed by atoms with Crippen molar-refractivity contribution in [1.29, 1.82) is 0 Å². The van der Waals surface area contributed by atoms with Gasteiger partial charge in [-0.05, 0) is 17.7 Å². The lowest BCUT2D eigenvalue weighted by atomic mass is 10.1. The minimum Gasteiger partial charge on any atom is -0.481 e. The molecule has 0 spiro atoms. The smallest absolute Gasteiger partial charge is 0.305 e. The second-order valence-corrected chi connectivity index (χ2v) is 6.03. The number of fused-ring (bicyclic) bond motifs is 1. The number of nitrogens with one attached hydrogen (secondary N) is 3. The number of hydrogen-bond donors (Lipinski definition) is 4. The van der Waals surface area contributed by atoms with Crippen LogP contribution in [0.15, 0.2) is 41.6 Å². The number of carbonyl (C=O) groups is 2. The molecule has 27 heavy (non-hydrogen) atoms. The summed E-state index contributed by atoms with van der Waals surface area (Å²) in [6.07, 6.45) is 4.63. The molecular formula is C18H19N5O4. The number of anilines is 1. The number of amides is 1. The maximum absolute atomic E-state index is 12.7. The maximum Gasteiger partial charge on any atom is 0.305 e. The van der Waals surface area contributed by atoms with Crippen LogP contribution in [-0.4, -0.2) is 38.1 Å². The third kappa shape index (κ3) is 4.14. The van der Waals surface area contributed by atoms with Crippen LogP contribution in [0.5, 0.6) is 0 Å². The van der Waals surface area contributed by atoms with Crippen LogP contribution in [0.1, 0.15) is 22.3 Å². The first-order valence-corrected chi connectivity index (χ1v) is 8.31. The number of rotatable bonds is 7. The van der Waals surface area contributed by atoms with Gasteiger partial charge in [0.25, 0.3) is 5.91 Å². The largest absolute Gasteiger partial charge is 0.481 e. The molecule has 0 aliphatic heterocycles. The lowest BCUT2D eigenvalue weighted by Gasteiger charge is -2.11. The Morgan fingerprint density at radius 1 is 1.33 bits per heavy atom. The number of pyridine rings is 1. The average molecular weight is 369 g/mol. The molecule has 0 atom stereocenters. The maximum atomic E-state index is 12.7. The number of imidazole rings is 1. The van der Waals surface area contributed by atoms with Gasteiger partial charge in [-0.15, -0.1) is 0 Å². The summed E-state index contributed by atoms with van der Waals surface area (Å²) in [5.41, 5.74) is 1.24. The normalized spacial score (nSPS) is 10.7. The Kier molecular flexibility index (Phi) is 5.20. The van der Waals surface area contributed by atoms with Gasteiger partial charge in [-0.2, -0.15) is 0 Å². The van der Waals surface area contributed by atoms with Gasteiger partial charge in [0, 0.05) is 44.1 Å². The van der Waals surface area contributed by atoms with E-state index in [2.05, 4.69) is 20.6 Å². The van der Waals surface area contributed by atoms with Gasteiger partial charge in [0.2, 0.25) is 5.43 Å². The molecule has 0 saturated heterocycles. The van der Waals surface area contributed by atoms with E-state index in [1.165, 1.54) is 6.20 Å². The number of aromatic nitrogens is 3. The molecule has 1 amide bonds. The molecule has 0 saturated carbocycles. The number of carboxylic acid groups (broad SMARTS) is 1. The van der Waals surface area contributed by atoms with E-state index in [0.29, 0.717) is 23.4 Å². The molecule has 0 fully saturated rings. The minimum absolute atomic E-state index is 0.0168. The summed E-state index contributed by atoms with van der Waals surface area (Å²) in [7, 11) is 1.75. The van der Waals surface area contributed by atoms with Crippen LogP contribution in [-0.2, 0) is 18.4 Å². The lowest BCUT2D eigenvalue weighted by Crippen LogP contribution is -2.31. The van der Waals surface area contributed by atoms with Crippen molar-refractivity contribution in [3.8, 4) is 0 Å². The number of carbonyl (C=O) groups excluding carboxylic acids is 1. The van der Waals surface area contributed by atoms with Crippen molar-refractivity contribution in [2.24, 2.45) is 7.05 Å². The summed E-state index contributed by atoms with van der Waals surface area (Å²) in [4.78, 5) is 42.4. The van der Waals surface area contributed by atoms with Crippen molar-refractivity contribution in [1.82, 2.24) is 19.9 Å². The Balaban J connectivity index is 1.84. The van der Waals surface area contributed by atoms with Gasteiger partial charge >= 0.3 is 5.97 Å². The molecule has 0 aliphatic carbocycles. The van der Waals surface area contributed by atoms with Crippen LogP contribution in [0.4, 0.5) is 5.95 Å². The Hall–Kier alpha value is -3.62. The highest BCUT2D eigenvalue weighted by atomic mass is 16.4. The summed E-state index contributed by atoms with van der Waals surface area (Å²) in [6, 6.07) is 5.37. The number of benzene rings is 1. The van der Waals surface area contributed by atoms with Crippen LogP contribution in [0, 0.1) is 0 Å². The summed E-state index contributed by atoms with van der Waals surface area (Å²) >= 11 is 0. The highest BCUT2D eigenvalue weighted by Gasteiger charge is 2.15. The van der Waals surface area contributed by atoms with Gasteiger partial charge < -0.3 is 25.3 Å². The third-order valence-electron chi connectivity index (χ3n) is 4.08. The SMILES string of the molecule is Cn1cc(C(=O)NCCC(=O)O)c(=O)c2ccc(CNc3ncc[nH]3)cc21. The number of nitrogens with zero attached hydrogens (tertiary/aromatic N) is 2. The molecule has 9 heteroatoms. The highest BCUT2D eigenvalue weighted by molar-refractivity contribution is 5.97. The van der Waals surface area contributed by atoms with E-state index in [9.17, 15) is 14.4 Å². The summed E-state index contributed by atoms with van der Waals surface area (Å²) in [5, 5.41) is 14.7. The molecular weight excluding hydrogens is 350 g/mol. The molecule has 2 heterocycles. The van der Waals surface area contributed by atoms with Crippen LogP contribution in [0.2, 0.25) is 0 Å². The predicted molar refractivity (Wildman–Crippen MR) is 99.7 cm³/mol. The van der Waals surface area contributed by atoms with E-state index in [0.717, 1.165) is 5.56 Å². The summed E-state index contributed by atoms with van der Waals surface area (Å²) in [5.74, 6) is -0.947. The zero-order valence-electron chi connectivity index (χ0n) is 14.7. The topological polar surface area (TPSA) is 129 Å². The number of aliphatic carboxylic acids is 1. The fourth-order valence-electron chi connectivity index (χ4n) is 2.73. The van der Waals surface area contributed by atoms with E-state index in [-0.39, 0.29) is 24.0 Å². The Bertz CT molecular complexity index is 1040. The van der Waals surface area contributed by atoms with Crippen LogP contribution in [0.25, 0.3) is 10.9 Å². The molecule has 9 nitrogen and oxygen atoms in total. The first-order chi connectivity index (χ1) is 13.0. The molecule has 140 valence electrons. The van der Waals surface area contributed by atoms with E-state index < -0.39 is 11.9 Å². The molecule has 2 aromatic heterocycles. The summed E-state index contributed by atoms with van der Waals surface area (Å²) < 4.78 is 1.71. The lowest BCUT2D eigenvalue weighted by molar-refractivity contribution is -0.136. The summed E-state index contributed by atoms with van der Waals surface area (Å²) in [6.45, 7) is 0.488. The van der Waals surface area contributed by atoms with Crippen molar-refractivity contribution in [2.45, 2.75) is 13.0 Å². The Morgan fingerprint density at radius 2 is 2.15 bits per heavy atom. The zero-order chi connectivity index (χ0) is 19.4. The third-order valence-corrected chi connectivity index (χ3v) is 4.08. The second-order valence-electron chi connectivity index (χ2n) is 6.03. The van der Waals surface area contributed by atoms with E-state index in [1.807, 2.05) is 12.1 Å². The molecule has 3 rings (SSSR count). The molecule has 3 aromatic rings. The van der Waals surface area contributed by atoms with Crippen LogP contribution in [0.3, 0.4) is 0 Å². The molecule has 0 bridgehead atoms. The first kappa shape index (κ1) is 18.2. The fraction of sp³-hybridized carbons (Fsp3) is 0.222. The van der Waals surface area contributed by atoms with E-state index in [4.69, 9.17) is 5.11 Å². The standard InChI is InChI=1S/C18H19N5O4/c1-23-10-13(17(27)19-5-4-15(24)25)16(26)12-3-2-11(8-14(12)23)9-22-18-20-6-7-21-18/h2-3,6-8,10H,4-5,9H2,1H3,(H,19,27)(H,24,25)(H2,20,21,22). The number of H-pyrrole nitrogens is 1. The van der Waals surface area contributed by atoms with E-state index >= 15 is 0 Å².